The Labute approximate surface area is 190 Å². The maximum atomic E-state index is 12.4. The number of aromatic nitrogens is 3. The summed E-state index contributed by atoms with van der Waals surface area (Å²) in [6.07, 6.45) is 0. The average Bonchev–Trinajstić information content (AvgIpc) is 3.27. The summed E-state index contributed by atoms with van der Waals surface area (Å²) in [6.45, 7) is 8.40. The van der Waals surface area contributed by atoms with E-state index < -0.39 is 5.97 Å². The summed E-state index contributed by atoms with van der Waals surface area (Å²) in [5.41, 5.74) is 2.67. The molecule has 0 radical (unpaired) electrons. The van der Waals surface area contributed by atoms with Crippen LogP contribution < -0.4 is 5.32 Å². The lowest BCUT2D eigenvalue weighted by Gasteiger charge is -2.19. The molecule has 0 aliphatic carbocycles. The molecule has 0 aliphatic rings. The molecule has 0 unspecified atom stereocenters. The Balaban J connectivity index is 1.67. The lowest BCUT2D eigenvalue weighted by atomic mass is 9.87. The van der Waals surface area contributed by atoms with Crippen molar-refractivity contribution in [2.75, 3.05) is 18.2 Å². The minimum Gasteiger partial charge on any atom is -0.465 e. The number of thiophene rings is 1. The van der Waals surface area contributed by atoms with Crippen LogP contribution in [-0.4, -0.2) is 39.5 Å². The van der Waals surface area contributed by atoms with Crippen molar-refractivity contribution >= 4 is 40.0 Å². The fourth-order valence-electron chi connectivity index (χ4n) is 2.97. The predicted molar refractivity (Wildman–Crippen MR) is 125 cm³/mol. The second kappa shape index (κ2) is 9.23. The predicted octanol–water partition coefficient (Wildman–Crippen LogP) is 4.67. The van der Waals surface area contributed by atoms with Crippen molar-refractivity contribution in [3.05, 3.63) is 46.3 Å². The zero-order valence-electron chi connectivity index (χ0n) is 18.5. The van der Waals surface area contributed by atoms with Crippen LogP contribution in [-0.2, 0) is 22.0 Å². The highest BCUT2D eigenvalue weighted by molar-refractivity contribution is 7.99. The van der Waals surface area contributed by atoms with Crippen molar-refractivity contribution in [3.8, 4) is 11.4 Å². The third kappa shape index (κ3) is 5.34. The van der Waals surface area contributed by atoms with Gasteiger partial charge in [-0.15, -0.1) is 21.5 Å². The monoisotopic (exact) mass is 458 g/mol. The van der Waals surface area contributed by atoms with E-state index >= 15 is 0 Å². The number of nitrogens with one attached hydrogen (secondary N) is 1. The highest BCUT2D eigenvalue weighted by atomic mass is 32.2. The molecular weight excluding hydrogens is 432 g/mol. The Hall–Kier alpha value is -2.65. The van der Waals surface area contributed by atoms with Crippen molar-refractivity contribution in [2.24, 2.45) is 7.05 Å². The van der Waals surface area contributed by atoms with E-state index in [9.17, 15) is 9.59 Å². The topological polar surface area (TPSA) is 86.1 Å². The minimum absolute atomic E-state index is 0.0849. The number of esters is 1. The molecule has 2 heterocycles. The van der Waals surface area contributed by atoms with Crippen LogP contribution in [0.1, 0.15) is 41.6 Å². The summed E-state index contributed by atoms with van der Waals surface area (Å²) in [6, 6.07) is 10.00. The number of ether oxygens (including phenoxy) is 1. The van der Waals surface area contributed by atoms with Crippen molar-refractivity contribution in [1.82, 2.24) is 14.8 Å². The molecular formula is C22H26N4O3S2. The molecule has 9 heteroatoms. The maximum Gasteiger partial charge on any atom is 0.340 e. The first kappa shape index (κ1) is 23.0. The molecule has 31 heavy (non-hydrogen) atoms. The number of benzene rings is 1. The number of carbonyl (C=O) groups excluding carboxylic acids is 2. The number of rotatable bonds is 6. The molecule has 0 spiro atoms. The normalized spacial score (nSPS) is 11.4. The highest BCUT2D eigenvalue weighted by Crippen LogP contribution is 2.29. The van der Waals surface area contributed by atoms with E-state index in [0.29, 0.717) is 15.7 Å². The minimum atomic E-state index is -0.470. The summed E-state index contributed by atoms with van der Waals surface area (Å²) < 4.78 is 6.65. The van der Waals surface area contributed by atoms with Gasteiger partial charge in [-0.2, -0.15) is 0 Å². The van der Waals surface area contributed by atoms with Crippen LogP contribution in [0.15, 0.2) is 35.5 Å². The number of thioether (sulfide) groups is 1. The number of amides is 1. The van der Waals surface area contributed by atoms with E-state index in [4.69, 9.17) is 4.74 Å². The van der Waals surface area contributed by atoms with Crippen LogP contribution in [0.5, 0.6) is 0 Å². The van der Waals surface area contributed by atoms with E-state index in [1.807, 2.05) is 30.7 Å². The van der Waals surface area contributed by atoms with Gasteiger partial charge in [0.2, 0.25) is 5.91 Å². The van der Waals surface area contributed by atoms with Gasteiger partial charge in [0.15, 0.2) is 11.0 Å². The Morgan fingerprint density at radius 1 is 1.19 bits per heavy atom. The van der Waals surface area contributed by atoms with E-state index in [1.165, 1.54) is 35.8 Å². The van der Waals surface area contributed by atoms with Gasteiger partial charge in [0.05, 0.1) is 18.4 Å². The average molecular weight is 459 g/mol. The van der Waals surface area contributed by atoms with Crippen molar-refractivity contribution in [2.45, 2.75) is 38.3 Å². The largest absolute Gasteiger partial charge is 0.465 e. The van der Waals surface area contributed by atoms with Crippen molar-refractivity contribution in [3.63, 3.8) is 0 Å². The van der Waals surface area contributed by atoms with Gasteiger partial charge in [0.25, 0.3) is 0 Å². The smallest absolute Gasteiger partial charge is 0.340 e. The number of methoxy groups -OCH3 is 1. The van der Waals surface area contributed by atoms with Gasteiger partial charge in [0.1, 0.15) is 5.00 Å². The summed E-state index contributed by atoms with van der Waals surface area (Å²) in [5.74, 6) is 0.191. The molecule has 0 atom stereocenters. The van der Waals surface area contributed by atoms with Gasteiger partial charge in [0, 0.05) is 17.5 Å². The molecule has 0 aliphatic heterocycles. The Bertz CT molecular complexity index is 1100. The first-order valence-corrected chi connectivity index (χ1v) is 11.5. The van der Waals surface area contributed by atoms with Gasteiger partial charge >= 0.3 is 5.97 Å². The van der Waals surface area contributed by atoms with Crippen LogP contribution in [0.2, 0.25) is 0 Å². The summed E-state index contributed by atoms with van der Waals surface area (Å²) in [5, 5.41) is 12.5. The SMILES string of the molecule is COC(=O)c1cc(C)sc1NC(=O)CSc1nnc(-c2ccc(C(C)(C)C)cc2)n1C. The number of anilines is 1. The molecule has 7 nitrogen and oxygen atoms in total. The number of nitrogens with zero attached hydrogens (tertiary/aromatic N) is 3. The molecule has 0 bridgehead atoms. The summed E-state index contributed by atoms with van der Waals surface area (Å²) in [7, 11) is 3.20. The molecule has 0 fully saturated rings. The molecule has 1 N–H and O–H groups in total. The first-order valence-electron chi connectivity index (χ1n) is 9.72. The van der Waals surface area contributed by atoms with Gasteiger partial charge in [-0.25, -0.2) is 4.79 Å². The van der Waals surface area contributed by atoms with E-state index in [2.05, 4.69) is 48.4 Å². The van der Waals surface area contributed by atoms with Crippen molar-refractivity contribution in [1.29, 1.82) is 0 Å². The van der Waals surface area contributed by atoms with E-state index in [1.54, 1.807) is 6.07 Å². The molecule has 1 amide bonds. The zero-order valence-corrected chi connectivity index (χ0v) is 20.1. The summed E-state index contributed by atoms with van der Waals surface area (Å²) >= 11 is 2.63. The van der Waals surface area contributed by atoms with Gasteiger partial charge in [-0.1, -0.05) is 56.8 Å². The number of carbonyl (C=O) groups is 2. The number of aryl methyl sites for hydroxylation is 1. The fraction of sp³-hybridized carbons (Fsp3) is 0.364. The van der Waals surface area contributed by atoms with E-state index in [0.717, 1.165) is 16.3 Å². The van der Waals surface area contributed by atoms with Crippen molar-refractivity contribution < 1.29 is 14.3 Å². The molecule has 0 saturated carbocycles. The summed E-state index contributed by atoms with van der Waals surface area (Å²) in [4.78, 5) is 25.2. The third-order valence-corrected chi connectivity index (χ3v) is 6.68. The number of hydrogen-bond donors (Lipinski definition) is 1. The quantitative estimate of drug-likeness (QED) is 0.427. The first-order chi connectivity index (χ1) is 14.6. The second-order valence-electron chi connectivity index (χ2n) is 8.12. The molecule has 3 aromatic rings. The lowest BCUT2D eigenvalue weighted by Crippen LogP contribution is -2.16. The molecule has 1 aromatic carbocycles. The van der Waals surface area contributed by atoms with Gasteiger partial charge in [-0.05, 0) is 24.0 Å². The van der Waals surface area contributed by atoms with Gasteiger partial charge in [-0.3, -0.25) is 4.79 Å². The third-order valence-electron chi connectivity index (χ3n) is 4.69. The van der Waals surface area contributed by atoms with Crippen LogP contribution in [0, 0.1) is 6.92 Å². The Morgan fingerprint density at radius 3 is 2.48 bits per heavy atom. The molecule has 164 valence electrons. The van der Waals surface area contributed by atoms with Crippen LogP contribution >= 0.6 is 23.1 Å². The van der Waals surface area contributed by atoms with Crippen LogP contribution in [0.3, 0.4) is 0 Å². The standard InChI is InChI=1S/C22H26N4O3S2/c1-13-11-16(20(28)29-6)19(31-13)23-17(27)12-30-21-25-24-18(26(21)5)14-7-9-15(10-8-14)22(2,3)4/h7-11H,12H2,1-6H3,(H,23,27). The van der Waals surface area contributed by atoms with Crippen LogP contribution in [0.4, 0.5) is 5.00 Å². The molecule has 2 aromatic heterocycles. The lowest BCUT2D eigenvalue weighted by molar-refractivity contribution is -0.113. The number of hydrogen-bond acceptors (Lipinski definition) is 7. The van der Waals surface area contributed by atoms with E-state index in [-0.39, 0.29) is 17.1 Å². The molecule has 3 rings (SSSR count). The Morgan fingerprint density at radius 2 is 1.87 bits per heavy atom. The zero-order chi connectivity index (χ0) is 22.8. The maximum absolute atomic E-state index is 12.4. The highest BCUT2D eigenvalue weighted by Gasteiger charge is 2.19. The van der Waals surface area contributed by atoms with Crippen LogP contribution in [0.25, 0.3) is 11.4 Å². The molecule has 0 saturated heterocycles. The Kier molecular flexibility index (Phi) is 6.86. The van der Waals surface area contributed by atoms with Gasteiger partial charge < -0.3 is 14.6 Å². The fourth-order valence-corrected chi connectivity index (χ4v) is 4.60. The second-order valence-corrected chi connectivity index (χ2v) is 10.3.